The minimum absolute atomic E-state index is 0.0793. The summed E-state index contributed by atoms with van der Waals surface area (Å²) in [4.78, 5) is 17.3. The summed E-state index contributed by atoms with van der Waals surface area (Å²) in [5, 5.41) is 11.4. The van der Waals surface area contributed by atoms with Gasteiger partial charge in [0.25, 0.3) is 5.91 Å². The van der Waals surface area contributed by atoms with Gasteiger partial charge in [0.2, 0.25) is 0 Å². The molecule has 4 heterocycles. The van der Waals surface area contributed by atoms with Crippen LogP contribution in [-0.4, -0.2) is 26.8 Å². The number of amides is 1. The molecule has 1 aliphatic rings. The van der Waals surface area contributed by atoms with Crippen LogP contribution in [0.1, 0.15) is 39.3 Å². The Bertz CT molecular complexity index is 956. The van der Waals surface area contributed by atoms with E-state index in [2.05, 4.69) is 20.7 Å². The van der Waals surface area contributed by atoms with Crippen LogP contribution in [0.15, 0.2) is 48.2 Å². The number of halogens is 3. The van der Waals surface area contributed by atoms with Crippen LogP contribution in [-0.2, 0) is 6.54 Å². The second kappa shape index (κ2) is 7.27. The minimum atomic E-state index is -4.47. The average Bonchev–Trinajstić information content (AvgIpc) is 3.35. The second-order valence-electron chi connectivity index (χ2n) is 6.40. The molecular formula is C18H16F3N5OS. The average molecular weight is 407 g/mol. The van der Waals surface area contributed by atoms with Crippen LogP contribution in [0.25, 0.3) is 0 Å². The molecule has 3 aromatic heterocycles. The van der Waals surface area contributed by atoms with Crippen LogP contribution in [0.5, 0.6) is 0 Å². The van der Waals surface area contributed by atoms with Crippen molar-refractivity contribution in [3.63, 3.8) is 0 Å². The molecular weight excluding hydrogens is 391 g/mol. The highest BCUT2D eigenvalue weighted by Gasteiger charge is 2.47. The molecule has 10 heteroatoms. The third-order valence-electron chi connectivity index (χ3n) is 4.55. The van der Waals surface area contributed by atoms with Gasteiger partial charge in [-0.1, -0.05) is 12.1 Å². The number of alkyl halides is 3. The Morgan fingerprint density at radius 2 is 2.18 bits per heavy atom. The topological polar surface area (TPSA) is 71.8 Å². The summed E-state index contributed by atoms with van der Waals surface area (Å²) in [7, 11) is 0. The van der Waals surface area contributed by atoms with Crippen LogP contribution in [0.4, 0.5) is 19.0 Å². The molecule has 0 radical (unpaired) electrons. The zero-order chi connectivity index (χ0) is 19.7. The number of pyridine rings is 1. The number of aromatic nitrogens is 3. The maximum absolute atomic E-state index is 13.6. The molecule has 0 aromatic carbocycles. The third-order valence-corrected chi connectivity index (χ3v) is 5.53. The molecule has 6 nitrogen and oxygen atoms in total. The number of hydrogen-bond donors (Lipinski definition) is 2. The van der Waals surface area contributed by atoms with E-state index in [1.54, 1.807) is 36.7 Å². The third kappa shape index (κ3) is 3.59. The maximum Gasteiger partial charge on any atom is 0.410 e. The van der Waals surface area contributed by atoms with E-state index in [0.29, 0.717) is 0 Å². The molecule has 0 spiro atoms. The molecule has 0 saturated carbocycles. The fourth-order valence-corrected chi connectivity index (χ4v) is 3.98. The van der Waals surface area contributed by atoms with Crippen LogP contribution in [0, 0.1) is 0 Å². The molecule has 0 saturated heterocycles. The highest BCUT2D eigenvalue weighted by Crippen LogP contribution is 2.44. The Morgan fingerprint density at radius 1 is 1.32 bits per heavy atom. The largest absolute Gasteiger partial charge is 0.410 e. The van der Waals surface area contributed by atoms with Crippen molar-refractivity contribution >= 4 is 23.1 Å². The van der Waals surface area contributed by atoms with E-state index in [4.69, 9.17) is 0 Å². The second-order valence-corrected chi connectivity index (χ2v) is 7.38. The zero-order valence-corrected chi connectivity index (χ0v) is 15.3. The number of nitrogens with one attached hydrogen (secondary N) is 2. The van der Waals surface area contributed by atoms with E-state index < -0.39 is 24.2 Å². The zero-order valence-electron chi connectivity index (χ0n) is 14.5. The lowest BCUT2D eigenvalue weighted by Crippen LogP contribution is -2.36. The van der Waals surface area contributed by atoms with Crippen LogP contribution < -0.4 is 10.6 Å². The van der Waals surface area contributed by atoms with Gasteiger partial charge in [-0.05, 0) is 23.1 Å². The van der Waals surface area contributed by atoms with Crippen molar-refractivity contribution in [1.82, 2.24) is 20.1 Å². The number of nitrogens with zero attached hydrogens (tertiary/aromatic N) is 3. The van der Waals surface area contributed by atoms with E-state index in [1.165, 1.54) is 17.5 Å². The number of thiophene rings is 1. The summed E-state index contributed by atoms with van der Waals surface area (Å²) in [6.07, 6.45) is -0.252. The molecule has 3 aromatic rings. The van der Waals surface area contributed by atoms with Crippen molar-refractivity contribution in [3.05, 3.63) is 64.2 Å². The first-order chi connectivity index (χ1) is 13.4. The summed E-state index contributed by atoms with van der Waals surface area (Å²) in [5.74, 6) is -0.416. The van der Waals surface area contributed by atoms with Crippen molar-refractivity contribution < 1.29 is 18.0 Å². The number of carbonyl (C=O) groups excluding carboxylic acids is 1. The van der Waals surface area contributed by atoms with Crippen molar-refractivity contribution in [3.8, 4) is 0 Å². The molecule has 1 amide bonds. The fourth-order valence-electron chi connectivity index (χ4n) is 3.19. The molecule has 146 valence electrons. The first-order valence-electron chi connectivity index (χ1n) is 8.54. The highest BCUT2D eigenvalue weighted by molar-refractivity contribution is 7.10. The SMILES string of the molecule is O=C(NCc1cccnc1)c1cnn2c1N[C@H](c1cccs1)C[C@@H]2C(F)(F)F. The molecule has 2 atom stereocenters. The van der Waals surface area contributed by atoms with Gasteiger partial charge in [0.1, 0.15) is 11.4 Å². The molecule has 0 unspecified atom stereocenters. The highest BCUT2D eigenvalue weighted by atomic mass is 32.1. The molecule has 4 rings (SSSR count). The van der Waals surface area contributed by atoms with Crippen LogP contribution in [0.2, 0.25) is 0 Å². The molecule has 0 aliphatic carbocycles. The lowest BCUT2D eigenvalue weighted by Gasteiger charge is -2.33. The van der Waals surface area contributed by atoms with E-state index in [9.17, 15) is 18.0 Å². The predicted molar refractivity (Wildman–Crippen MR) is 98.0 cm³/mol. The van der Waals surface area contributed by atoms with Crippen molar-refractivity contribution in [2.24, 2.45) is 0 Å². The molecule has 0 fully saturated rings. The Hall–Kier alpha value is -2.88. The molecule has 0 bridgehead atoms. The Kier molecular flexibility index (Phi) is 4.80. The van der Waals surface area contributed by atoms with Gasteiger partial charge < -0.3 is 10.6 Å². The monoisotopic (exact) mass is 407 g/mol. The summed E-state index contributed by atoms with van der Waals surface area (Å²) in [6.45, 7) is 0.217. The van der Waals surface area contributed by atoms with E-state index >= 15 is 0 Å². The van der Waals surface area contributed by atoms with Crippen LogP contribution in [0.3, 0.4) is 0 Å². The normalized spacial score (nSPS) is 19.0. The maximum atomic E-state index is 13.6. The molecule has 28 heavy (non-hydrogen) atoms. The van der Waals surface area contributed by atoms with E-state index in [0.717, 1.165) is 15.1 Å². The number of hydrogen-bond acceptors (Lipinski definition) is 5. The van der Waals surface area contributed by atoms with E-state index in [-0.39, 0.29) is 24.3 Å². The predicted octanol–water partition coefficient (Wildman–Crippen LogP) is 3.93. The summed E-state index contributed by atoms with van der Waals surface area (Å²) in [6, 6.07) is 4.77. The van der Waals surface area contributed by atoms with Gasteiger partial charge in [-0.15, -0.1) is 11.3 Å². The van der Waals surface area contributed by atoms with Gasteiger partial charge >= 0.3 is 6.18 Å². The van der Waals surface area contributed by atoms with Gasteiger partial charge in [0, 0.05) is 30.2 Å². The summed E-state index contributed by atoms with van der Waals surface area (Å²) < 4.78 is 41.7. The van der Waals surface area contributed by atoms with Crippen molar-refractivity contribution in [1.29, 1.82) is 0 Å². The quantitative estimate of drug-likeness (QED) is 0.688. The summed E-state index contributed by atoms with van der Waals surface area (Å²) >= 11 is 1.37. The summed E-state index contributed by atoms with van der Waals surface area (Å²) in [5.41, 5.74) is 0.869. The number of carbonyl (C=O) groups is 1. The minimum Gasteiger partial charge on any atom is -0.362 e. The smallest absolute Gasteiger partial charge is 0.362 e. The number of anilines is 1. The van der Waals surface area contributed by atoms with Crippen LogP contribution >= 0.6 is 11.3 Å². The Labute approximate surface area is 162 Å². The standard InChI is InChI=1S/C18H16F3N5OS/c19-18(20,21)15-7-13(14-4-2-6-28-14)25-16-12(10-24-26(15)16)17(27)23-9-11-3-1-5-22-8-11/h1-6,8,10,13,15,25H,7,9H2,(H,23,27)/t13-,15+/m0/s1. The first-order valence-corrected chi connectivity index (χ1v) is 9.42. The fraction of sp³-hybridized carbons (Fsp3) is 0.278. The van der Waals surface area contributed by atoms with Gasteiger partial charge in [-0.25, -0.2) is 4.68 Å². The Balaban J connectivity index is 1.61. The van der Waals surface area contributed by atoms with Gasteiger partial charge in [0.15, 0.2) is 6.04 Å². The molecule has 2 N–H and O–H groups in total. The number of rotatable bonds is 4. The number of fused-ring (bicyclic) bond motifs is 1. The van der Waals surface area contributed by atoms with E-state index in [1.807, 2.05) is 5.38 Å². The van der Waals surface area contributed by atoms with Gasteiger partial charge in [-0.3, -0.25) is 9.78 Å². The van der Waals surface area contributed by atoms with Crippen molar-refractivity contribution in [2.45, 2.75) is 31.2 Å². The first kappa shape index (κ1) is 18.5. The molecule has 1 aliphatic heterocycles. The van der Waals surface area contributed by atoms with Gasteiger partial charge in [-0.2, -0.15) is 18.3 Å². The lowest BCUT2D eigenvalue weighted by atomic mass is 10.0. The lowest BCUT2D eigenvalue weighted by molar-refractivity contribution is -0.173. The Morgan fingerprint density at radius 3 is 2.86 bits per heavy atom. The van der Waals surface area contributed by atoms with Gasteiger partial charge in [0.05, 0.1) is 12.2 Å². The van der Waals surface area contributed by atoms with Crippen molar-refractivity contribution in [2.75, 3.05) is 5.32 Å².